The molecule has 1 aromatic heterocycles. The molecule has 0 aliphatic heterocycles. The second kappa shape index (κ2) is 4.47. The van der Waals surface area contributed by atoms with Gasteiger partial charge in [0.25, 0.3) is 0 Å². The summed E-state index contributed by atoms with van der Waals surface area (Å²) in [5.41, 5.74) is 8.05. The Kier molecular flexibility index (Phi) is 3.04. The van der Waals surface area contributed by atoms with Crippen LogP contribution in [0.2, 0.25) is 0 Å². The van der Waals surface area contributed by atoms with Crippen molar-refractivity contribution < 1.29 is 5.11 Å². The van der Waals surface area contributed by atoms with Gasteiger partial charge in [0.15, 0.2) is 0 Å². The first kappa shape index (κ1) is 10.2. The Balaban J connectivity index is 2.42. The summed E-state index contributed by atoms with van der Waals surface area (Å²) >= 11 is 0. The average molecular weight is 204 g/mol. The van der Waals surface area contributed by atoms with Crippen molar-refractivity contribution in [2.45, 2.75) is 19.5 Å². The van der Waals surface area contributed by atoms with Crippen LogP contribution in [0.1, 0.15) is 12.0 Å². The molecule has 1 heterocycles. The molecule has 0 saturated heterocycles. The predicted octanol–water partition coefficient (Wildman–Crippen LogP) is 1.48. The molecule has 80 valence electrons. The van der Waals surface area contributed by atoms with Gasteiger partial charge in [-0.2, -0.15) is 0 Å². The largest absolute Gasteiger partial charge is 0.396 e. The van der Waals surface area contributed by atoms with E-state index in [1.54, 1.807) is 0 Å². The Bertz CT molecular complexity index is 448. The molecule has 3 heteroatoms. The lowest BCUT2D eigenvalue weighted by atomic mass is 10.1. The molecule has 0 saturated carbocycles. The molecule has 0 amide bonds. The van der Waals surface area contributed by atoms with Crippen LogP contribution in [0.3, 0.4) is 0 Å². The predicted molar refractivity (Wildman–Crippen MR) is 61.5 cm³/mol. The summed E-state index contributed by atoms with van der Waals surface area (Å²) < 4.78 is 2.16. The Morgan fingerprint density at radius 3 is 2.87 bits per heavy atom. The highest BCUT2D eigenvalue weighted by Crippen LogP contribution is 2.20. The molecule has 2 aromatic rings. The number of aryl methyl sites for hydroxylation is 1. The molecule has 3 N–H and O–H groups in total. The molecule has 0 spiro atoms. The molecule has 3 nitrogen and oxygen atoms in total. The maximum Gasteiger partial charge on any atom is 0.0483 e. The molecule has 0 bridgehead atoms. The highest BCUT2D eigenvalue weighted by molar-refractivity contribution is 5.83. The fraction of sp³-hybridized carbons (Fsp3) is 0.333. The fourth-order valence-corrected chi connectivity index (χ4v) is 1.90. The number of benzene rings is 1. The number of aliphatic hydroxyl groups excluding tert-OH is 1. The van der Waals surface area contributed by atoms with Gasteiger partial charge in [-0.05, 0) is 24.1 Å². The van der Waals surface area contributed by atoms with Crippen molar-refractivity contribution in [3.05, 3.63) is 36.0 Å². The molecule has 0 aliphatic rings. The van der Waals surface area contributed by atoms with Crippen LogP contribution in [0.4, 0.5) is 0 Å². The molecular weight excluding hydrogens is 188 g/mol. The first-order valence-corrected chi connectivity index (χ1v) is 5.24. The zero-order valence-electron chi connectivity index (χ0n) is 8.69. The summed E-state index contributed by atoms with van der Waals surface area (Å²) in [4.78, 5) is 0. The lowest BCUT2D eigenvalue weighted by Gasteiger charge is -2.05. The van der Waals surface area contributed by atoms with E-state index in [0.717, 1.165) is 13.0 Å². The Hall–Kier alpha value is -1.32. The van der Waals surface area contributed by atoms with Crippen LogP contribution < -0.4 is 5.73 Å². The first-order chi connectivity index (χ1) is 7.36. The lowest BCUT2D eigenvalue weighted by Crippen LogP contribution is -1.99. The van der Waals surface area contributed by atoms with Crippen molar-refractivity contribution in [3.8, 4) is 0 Å². The van der Waals surface area contributed by atoms with Crippen LogP contribution >= 0.6 is 0 Å². The van der Waals surface area contributed by atoms with E-state index in [-0.39, 0.29) is 6.61 Å². The van der Waals surface area contributed by atoms with E-state index in [9.17, 15) is 0 Å². The summed E-state index contributed by atoms with van der Waals surface area (Å²) in [5, 5.41) is 10.0. The number of rotatable bonds is 4. The van der Waals surface area contributed by atoms with E-state index in [2.05, 4.69) is 29.0 Å². The number of nitrogens with zero attached hydrogens (tertiary/aromatic N) is 1. The highest BCUT2D eigenvalue weighted by Gasteiger charge is 2.03. The van der Waals surface area contributed by atoms with Gasteiger partial charge in [-0.15, -0.1) is 0 Å². The Labute approximate surface area is 89.1 Å². The van der Waals surface area contributed by atoms with Crippen LogP contribution in [0, 0.1) is 0 Å². The summed E-state index contributed by atoms with van der Waals surface area (Å²) in [5.74, 6) is 0. The number of aliphatic hydroxyl groups is 1. The minimum Gasteiger partial charge on any atom is -0.396 e. The van der Waals surface area contributed by atoms with Crippen molar-refractivity contribution in [3.63, 3.8) is 0 Å². The monoisotopic (exact) mass is 204 g/mol. The third-order valence-electron chi connectivity index (χ3n) is 2.68. The fourth-order valence-electron chi connectivity index (χ4n) is 1.90. The topological polar surface area (TPSA) is 51.2 Å². The van der Waals surface area contributed by atoms with Gasteiger partial charge < -0.3 is 15.4 Å². The number of hydrogen-bond donors (Lipinski definition) is 2. The minimum absolute atomic E-state index is 0.232. The molecule has 15 heavy (non-hydrogen) atoms. The first-order valence-electron chi connectivity index (χ1n) is 5.24. The maximum atomic E-state index is 8.80. The highest BCUT2D eigenvalue weighted by atomic mass is 16.3. The number of aromatic nitrogens is 1. The third kappa shape index (κ3) is 1.89. The van der Waals surface area contributed by atoms with E-state index in [1.165, 1.54) is 16.5 Å². The van der Waals surface area contributed by atoms with Gasteiger partial charge in [0.05, 0.1) is 0 Å². The van der Waals surface area contributed by atoms with Crippen LogP contribution in [0.15, 0.2) is 30.5 Å². The van der Waals surface area contributed by atoms with Gasteiger partial charge in [0, 0.05) is 36.8 Å². The van der Waals surface area contributed by atoms with Gasteiger partial charge in [-0.3, -0.25) is 0 Å². The minimum atomic E-state index is 0.232. The van der Waals surface area contributed by atoms with Crippen molar-refractivity contribution in [2.75, 3.05) is 6.61 Å². The van der Waals surface area contributed by atoms with Gasteiger partial charge >= 0.3 is 0 Å². The zero-order chi connectivity index (χ0) is 10.7. The van der Waals surface area contributed by atoms with E-state index in [0.29, 0.717) is 6.54 Å². The Morgan fingerprint density at radius 2 is 2.13 bits per heavy atom. The van der Waals surface area contributed by atoms with Gasteiger partial charge in [-0.1, -0.05) is 12.1 Å². The van der Waals surface area contributed by atoms with Gasteiger partial charge in [-0.25, -0.2) is 0 Å². The van der Waals surface area contributed by atoms with E-state index < -0.39 is 0 Å². The summed E-state index contributed by atoms with van der Waals surface area (Å²) in [6, 6.07) is 8.26. The Morgan fingerprint density at radius 1 is 1.27 bits per heavy atom. The van der Waals surface area contributed by atoms with Crippen molar-refractivity contribution in [2.24, 2.45) is 5.73 Å². The van der Waals surface area contributed by atoms with Crippen molar-refractivity contribution in [1.29, 1.82) is 0 Å². The van der Waals surface area contributed by atoms with Crippen molar-refractivity contribution >= 4 is 10.9 Å². The average Bonchev–Trinajstić information content (AvgIpc) is 2.69. The molecule has 1 aromatic carbocycles. The molecule has 0 fully saturated rings. The summed E-state index contributed by atoms with van der Waals surface area (Å²) in [6.45, 7) is 1.66. The molecular formula is C12H16N2O. The normalized spacial score (nSPS) is 11.1. The third-order valence-corrected chi connectivity index (χ3v) is 2.68. The van der Waals surface area contributed by atoms with E-state index in [1.807, 2.05) is 6.07 Å². The lowest BCUT2D eigenvalue weighted by molar-refractivity contribution is 0.280. The summed E-state index contributed by atoms with van der Waals surface area (Å²) in [7, 11) is 0. The molecule has 0 atom stereocenters. The van der Waals surface area contributed by atoms with Crippen LogP contribution in [-0.2, 0) is 13.1 Å². The number of fused-ring (bicyclic) bond motifs is 1. The van der Waals surface area contributed by atoms with Crippen LogP contribution in [0.5, 0.6) is 0 Å². The molecule has 0 aliphatic carbocycles. The van der Waals surface area contributed by atoms with Gasteiger partial charge in [0.2, 0.25) is 0 Å². The van der Waals surface area contributed by atoms with Gasteiger partial charge in [0.1, 0.15) is 0 Å². The van der Waals surface area contributed by atoms with Crippen LogP contribution in [-0.4, -0.2) is 16.3 Å². The molecule has 2 rings (SSSR count). The molecule has 0 radical (unpaired) electrons. The smallest absolute Gasteiger partial charge is 0.0483 e. The second-order valence-electron chi connectivity index (χ2n) is 3.64. The van der Waals surface area contributed by atoms with E-state index in [4.69, 9.17) is 10.8 Å². The van der Waals surface area contributed by atoms with Crippen LogP contribution in [0.25, 0.3) is 10.9 Å². The van der Waals surface area contributed by atoms with E-state index >= 15 is 0 Å². The number of hydrogen-bond acceptors (Lipinski definition) is 2. The quantitative estimate of drug-likeness (QED) is 0.792. The molecule has 0 unspecified atom stereocenters. The SMILES string of the molecule is NCc1cccc2c1ccn2CCCO. The second-order valence-corrected chi connectivity index (χ2v) is 3.64. The zero-order valence-corrected chi connectivity index (χ0v) is 8.69. The van der Waals surface area contributed by atoms with Crippen molar-refractivity contribution in [1.82, 2.24) is 4.57 Å². The number of nitrogens with two attached hydrogens (primary N) is 1. The standard InChI is InChI=1S/C12H16N2O/c13-9-10-3-1-4-12-11(10)5-7-14(12)6-2-8-15/h1,3-5,7,15H,2,6,8-9,13H2. The summed E-state index contributed by atoms with van der Waals surface area (Å²) in [6.07, 6.45) is 2.84. The maximum absolute atomic E-state index is 8.80.